The number of hydrogen-bond acceptors (Lipinski definition) is 2. The maximum atomic E-state index is 11.2. The third kappa shape index (κ3) is 2.22. The van der Waals surface area contributed by atoms with E-state index in [1.807, 2.05) is 18.4 Å². The molecule has 2 rings (SSSR count). The fourth-order valence-electron chi connectivity index (χ4n) is 2.40. The second kappa shape index (κ2) is 4.53. The molecule has 4 heteroatoms. The van der Waals surface area contributed by atoms with E-state index in [-0.39, 0.29) is 0 Å². The smallest absolute Gasteiger partial charge is 0.408 e. The van der Waals surface area contributed by atoms with Crippen LogP contribution in [0.1, 0.15) is 16.7 Å². The van der Waals surface area contributed by atoms with E-state index >= 15 is 0 Å². The van der Waals surface area contributed by atoms with Crippen molar-refractivity contribution in [1.82, 2.24) is 0 Å². The molecule has 17 heavy (non-hydrogen) atoms. The topological polar surface area (TPSA) is 40.3 Å². The zero-order chi connectivity index (χ0) is 12.6. The molecule has 1 aliphatic heterocycles. The predicted molar refractivity (Wildman–Crippen MR) is 70.5 cm³/mol. The van der Waals surface area contributed by atoms with Crippen LogP contribution in [0.2, 0.25) is 0 Å². The Kier molecular flexibility index (Phi) is 3.24. The molecule has 1 aromatic rings. The Hall–Kier alpha value is -1.29. The highest BCUT2D eigenvalue weighted by atomic mass is 32.2. The van der Waals surface area contributed by atoms with E-state index in [4.69, 9.17) is 0 Å². The van der Waals surface area contributed by atoms with Gasteiger partial charge >= 0.3 is 11.0 Å². The van der Waals surface area contributed by atoms with Crippen LogP contribution in [0, 0.1) is 20.8 Å². The van der Waals surface area contributed by atoms with Crippen LogP contribution in [0.25, 0.3) is 0 Å². The minimum absolute atomic E-state index is 0.444. The summed E-state index contributed by atoms with van der Waals surface area (Å²) in [7, 11) is 0. The maximum absolute atomic E-state index is 11.2. The van der Waals surface area contributed by atoms with Crippen molar-refractivity contribution < 1.29 is 14.5 Å². The minimum atomic E-state index is -0.827. The molecule has 3 nitrogen and oxygen atoms in total. The van der Waals surface area contributed by atoms with E-state index in [1.165, 1.54) is 17.3 Å². The molecule has 1 aliphatic rings. The molecule has 90 valence electrons. The van der Waals surface area contributed by atoms with Gasteiger partial charge < -0.3 is 5.11 Å². The molecule has 1 aromatic carbocycles. The van der Waals surface area contributed by atoms with E-state index in [0.29, 0.717) is 5.04 Å². The van der Waals surface area contributed by atoms with E-state index in [1.54, 1.807) is 0 Å². The molecule has 0 unspecified atom stereocenters. The Morgan fingerprint density at radius 1 is 1.29 bits per heavy atom. The number of carboxylic acid groups (broad SMARTS) is 1. The average Bonchev–Trinajstić information content (AvgIpc) is 2.64. The lowest BCUT2D eigenvalue weighted by atomic mass is 10.0. The summed E-state index contributed by atoms with van der Waals surface area (Å²) in [6.07, 6.45) is 0. The summed E-state index contributed by atoms with van der Waals surface area (Å²) in [5.41, 5.74) is 4.55. The summed E-state index contributed by atoms with van der Waals surface area (Å²) in [6, 6.07) is 4.20. The molecule has 1 N–H and O–H groups in total. The first kappa shape index (κ1) is 12.2. The fourth-order valence-corrected chi connectivity index (χ4v) is 3.33. The van der Waals surface area contributed by atoms with Gasteiger partial charge in [-0.1, -0.05) is 5.56 Å². The highest BCUT2D eigenvalue weighted by molar-refractivity contribution is 8.15. The summed E-state index contributed by atoms with van der Waals surface area (Å²) in [6.45, 7) is 6.91. The third-order valence-electron chi connectivity index (χ3n) is 2.89. The minimum Gasteiger partial charge on any atom is -0.473 e. The standard InChI is InChI=1S/C13H15NO2S/c1-8-6-9(2)11(10(3)7-8)14-4-5-17-12(14)13(15)16/h6-7H,4-5H2,1-3H3/p+1. The van der Waals surface area contributed by atoms with Gasteiger partial charge in [0.25, 0.3) is 0 Å². The summed E-state index contributed by atoms with van der Waals surface area (Å²) >= 11 is 1.42. The van der Waals surface area contributed by atoms with Crippen LogP contribution in [0.4, 0.5) is 5.69 Å². The van der Waals surface area contributed by atoms with Crippen LogP contribution >= 0.6 is 11.8 Å². The largest absolute Gasteiger partial charge is 0.473 e. The van der Waals surface area contributed by atoms with Crippen molar-refractivity contribution in [2.24, 2.45) is 0 Å². The van der Waals surface area contributed by atoms with Gasteiger partial charge in [0.1, 0.15) is 0 Å². The van der Waals surface area contributed by atoms with Crippen LogP contribution in [0.15, 0.2) is 12.1 Å². The summed E-state index contributed by atoms with van der Waals surface area (Å²) in [5.74, 6) is 0.0147. The number of thioether (sulfide) groups is 1. The third-order valence-corrected chi connectivity index (χ3v) is 3.94. The van der Waals surface area contributed by atoms with Crippen LogP contribution in [0.3, 0.4) is 0 Å². The quantitative estimate of drug-likeness (QED) is 0.820. The number of carbonyl (C=O) groups is 1. The Labute approximate surface area is 105 Å². The van der Waals surface area contributed by atoms with Gasteiger partial charge in [-0.15, -0.1) is 0 Å². The first-order valence-corrected chi connectivity index (χ1v) is 6.57. The van der Waals surface area contributed by atoms with Gasteiger partial charge in [0.05, 0.1) is 5.75 Å². The summed E-state index contributed by atoms with van der Waals surface area (Å²) in [4.78, 5) is 11.2. The van der Waals surface area contributed by atoms with Crippen LogP contribution in [-0.2, 0) is 4.79 Å². The van der Waals surface area contributed by atoms with Gasteiger partial charge in [-0.05, 0) is 44.7 Å². The SMILES string of the molecule is Cc1cc(C)c([N+]2=C(C(=O)O)SCC2)c(C)c1. The Bertz CT molecular complexity index is 497. The van der Waals surface area contributed by atoms with Gasteiger partial charge in [-0.25, -0.2) is 4.79 Å². The fraction of sp³-hybridized carbons (Fsp3) is 0.385. The molecule has 0 radical (unpaired) electrons. The van der Waals surface area contributed by atoms with Crippen molar-refractivity contribution in [2.75, 3.05) is 12.3 Å². The zero-order valence-electron chi connectivity index (χ0n) is 10.3. The maximum Gasteiger partial charge on any atom is 0.408 e. The van der Waals surface area contributed by atoms with Gasteiger partial charge in [0.2, 0.25) is 5.69 Å². The molecule has 0 fully saturated rings. The first-order valence-electron chi connectivity index (χ1n) is 5.59. The van der Waals surface area contributed by atoms with Crippen LogP contribution in [-0.4, -0.2) is 33.0 Å². The molecule has 0 amide bonds. The molecule has 0 saturated carbocycles. The molecular weight excluding hydrogens is 234 g/mol. The summed E-state index contributed by atoms with van der Waals surface area (Å²) < 4.78 is 1.93. The molecule has 0 aliphatic carbocycles. The Morgan fingerprint density at radius 3 is 2.41 bits per heavy atom. The van der Waals surface area contributed by atoms with E-state index in [0.717, 1.165) is 29.1 Å². The molecule has 1 heterocycles. The van der Waals surface area contributed by atoms with E-state index < -0.39 is 5.97 Å². The van der Waals surface area contributed by atoms with Crippen molar-refractivity contribution >= 4 is 28.5 Å². The van der Waals surface area contributed by atoms with E-state index in [9.17, 15) is 9.90 Å². The number of nitrogens with zero attached hydrogens (tertiary/aromatic N) is 1. The molecule has 0 atom stereocenters. The van der Waals surface area contributed by atoms with Gasteiger partial charge in [-0.3, -0.25) is 0 Å². The number of aliphatic carboxylic acids is 1. The van der Waals surface area contributed by atoms with Crippen molar-refractivity contribution in [1.29, 1.82) is 0 Å². The van der Waals surface area contributed by atoms with Gasteiger partial charge in [0, 0.05) is 11.1 Å². The second-order valence-electron chi connectivity index (χ2n) is 4.36. The van der Waals surface area contributed by atoms with Crippen molar-refractivity contribution in [3.05, 3.63) is 28.8 Å². The number of aryl methyl sites for hydroxylation is 3. The molecule has 0 saturated heterocycles. The lowest BCUT2D eigenvalue weighted by Crippen LogP contribution is -2.18. The Morgan fingerprint density at radius 2 is 1.88 bits per heavy atom. The van der Waals surface area contributed by atoms with Crippen LogP contribution in [0.5, 0.6) is 0 Å². The van der Waals surface area contributed by atoms with Crippen molar-refractivity contribution in [3.63, 3.8) is 0 Å². The average molecular weight is 250 g/mol. The number of rotatable bonds is 2. The zero-order valence-corrected chi connectivity index (χ0v) is 11.1. The molecule has 0 bridgehead atoms. The normalized spacial score (nSPS) is 15.5. The summed E-state index contributed by atoms with van der Waals surface area (Å²) in [5, 5.41) is 9.63. The molecule has 0 aromatic heterocycles. The number of carboxylic acids is 1. The Balaban J connectivity index is 2.62. The molecular formula is C13H16NO2S+. The molecule has 0 spiro atoms. The first-order chi connectivity index (χ1) is 8.00. The van der Waals surface area contributed by atoms with Crippen molar-refractivity contribution in [3.8, 4) is 0 Å². The van der Waals surface area contributed by atoms with Gasteiger partial charge in [-0.2, -0.15) is 4.58 Å². The lowest BCUT2D eigenvalue weighted by molar-refractivity contribution is -0.429. The monoisotopic (exact) mass is 250 g/mol. The highest BCUT2D eigenvalue weighted by Crippen LogP contribution is 2.29. The van der Waals surface area contributed by atoms with E-state index in [2.05, 4.69) is 19.1 Å². The van der Waals surface area contributed by atoms with Gasteiger partial charge in [0.15, 0.2) is 6.54 Å². The number of benzene rings is 1. The van der Waals surface area contributed by atoms with Crippen molar-refractivity contribution in [2.45, 2.75) is 20.8 Å². The highest BCUT2D eigenvalue weighted by Gasteiger charge is 2.33. The second-order valence-corrected chi connectivity index (χ2v) is 5.44. The number of hydrogen-bond donors (Lipinski definition) is 1. The predicted octanol–water partition coefficient (Wildman–Crippen LogP) is 2.49. The lowest BCUT2D eigenvalue weighted by Gasteiger charge is -2.07. The van der Waals surface area contributed by atoms with Crippen LogP contribution < -0.4 is 0 Å².